The Morgan fingerprint density at radius 3 is 2.25 bits per heavy atom. The molecule has 0 radical (unpaired) electrons. The van der Waals surface area contributed by atoms with Crippen LogP contribution in [-0.2, 0) is 16.4 Å². The molecule has 3 rings (SSSR count). The zero-order valence-corrected chi connectivity index (χ0v) is 20.4. The highest BCUT2D eigenvalue weighted by molar-refractivity contribution is 7.91. The number of ether oxygens (including phenoxy) is 1. The van der Waals surface area contributed by atoms with Crippen LogP contribution in [0.1, 0.15) is 15.9 Å². The number of anilines is 1. The van der Waals surface area contributed by atoms with Crippen molar-refractivity contribution in [3.63, 3.8) is 0 Å². The van der Waals surface area contributed by atoms with Gasteiger partial charge in [-0.05, 0) is 42.5 Å². The smallest absolute Gasteiger partial charge is 0.416 e. The van der Waals surface area contributed by atoms with Gasteiger partial charge in [-0.2, -0.15) is 21.6 Å². The first-order chi connectivity index (χ1) is 16.7. The normalized spacial score (nSPS) is 11.6. The van der Waals surface area contributed by atoms with Crippen molar-refractivity contribution in [1.82, 2.24) is 4.72 Å². The summed E-state index contributed by atoms with van der Waals surface area (Å²) in [5.41, 5.74) is -2.68. The van der Waals surface area contributed by atoms with Crippen LogP contribution >= 0.6 is 34.8 Å². The van der Waals surface area contributed by atoms with Gasteiger partial charge in [-0.1, -0.05) is 34.8 Å². The number of hydrogen-bond donors (Lipinski definition) is 2. The van der Waals surface area contributed by atoms with E-state index in [-0.39, 0.29) is 27.2 Å². The number of carbonyl (C=O) groups excluding carboxylic acids is 1. The van der Waals surface area contributed by atoms with E-state index in [1.807, 2.05) is 4.72 Å². The molecule has 0 aliphatic rings. The largest absolute Gasteiger partial charge is 0.456 e. The van der Waals surface area contributed by atoms with Crippen LogP contribution in [0.4, 0.5) is 24.5 Å². The lowest BCUT2D eigenvalue weighted by Crippen LogP contribution is -2.35. The van der Waals surface area contributed by atoms with Crippen LogP contribution in [-0.4, -0.2) is 19.2 Å². The third kappa shape index (κ3) is 6.69. The Bertz CT molecular complexity index is 1470. The molecule has 0 spiro atoms. The number of nitrogens with one attached hydrogen (secondary N) is 2. The standard InChI is InChI=1S/C20H11Cl3F3N3O6S/c21-11-2-4-16(14(22)8-11)27-36(33,34)28-19(30)13-9-12(3-5-17(13)29(31)32)35-18-6-1-10(7-15(18)23)20(24,25)26/h1-9,27H,(H,28,30). The summed E-state index contributed by atoms with van der Waals surface area (Å²) in [6.07, 6.45) is -4.66. The second-order valence-corrected chi connectivity index (χ2v) is 9.51. The van der Waals surface area contributed by atoms with E-state index in [4.69, 9.17) is 39.5 Å². The fourth-order valence-corrected chi connectivity index (χ4v) is 4.33. The molecule has 0 heterocycles. The first kappa shape index (κ1) is 27.3. The van der Waals surface area contributed by atoms with E-state index in [1.54, 1.807) is 4.72 Å². The molecule has 1 amide bonds. The molecule has 16 heteroatoms. The van der Waals surface area contributed by atoms with E-state index in [9.17, 15) is 36.5 Å². The lowest BCUT2D eigenvalue weighted by molar-refractivity contribution is -0.385. The van der Waals surface area contributed by atoms with Gasteiger partial charge in [0.15, 0.2) is 0 Å². The predicted octanol–water partition coefficient (Wildman–Crippen LogP) is 6.45. The molecule has 3 aromatic carbocycles. The number of nitro benzene ring substituents is 1. The Labute approximate surface area is 216 Å². The molecule has 36 heavy (non-hydrogen) atoms. The summed E-state index contributed by atoms with van der Waals surface area (Å²) < 4.78 is 72.2. The summed E-state index contributed by atoms with van der Waals surface area (Å²) in [4.78, 5) is 23.1. The van der Waals surface area contributed by atoms with Gasteiger partial charge in [0.25, 0.3) is 11.6 Å². The van der Waals surface area contributed by atoms with Crippen molar-refractivity contribution in [2.24, 2.45) is 0 Å². The SMILES string of the molecule is O=C(NS(=O)(=O)Nc1ccc(Cl)cc1Cl)c1cc(Oc2ccc(C(F)(F)F)cc2Cl)ccc1[N+](=O)[O-]. The van der Waals surface area contributed by atoms with E-state index in [0.717, 1.165) is 24.3 Å². The lowest BCUT2D eigenvalue weighted by Gasteiger charge is -2.13. The monoisotopic (exact) mass is 583 g/mol. The van der Waals surface area contributed by atoms with E-state index < -0.39 is 49.1 Å². The third-order valence-electron chi connectivity index (χ3n) is 4.30. The van der Waals surface area contributed by atoms with Gasteiger partial charge >= 0.3 is 16.4 Å². The number of alkyl halides is 3. The highest BCUT2D eigenvalue weighted by Gasteiger charge is 2.31. The molecule has 0 unspecified atom stereocenters. The van der Waals surface area contributed by atoms with Crippen LogP contribution in [0.5, 0.6) is 11.5 Å². The van der Waals surface area contributed by atoms with Gasteiger partial charge in [0.2, 0.25) is 0 Å². The maximum atomic E-state index is 12.8. The van der Waals surface area contributed by atoms with Gasteiger partial charge in [-0.25, -0.2) is 4.72 Å². The van der Waals surface area contributed by atoms with Crippen molar-refractivity contribution >= 4 is 62.3 Å². The molecular formula is C20H11Cl3F3N3O6S. The molecule has 0 aliphatic heterocycles. The number of nitrogens with zero attached hydrogens (tertiary/aromatic N) is 1. The Balaban J connectivity index is 1.88. The maximum absolute atomic E-state index is 12.8. The summed E-state index contributed by atoms with van der Waals surface area (Å²) in [6.45, 7) is 0. The molecule has 0 bridgehead atoms. The van der Waals surface area contributed by atoms with Crippen LogP contribution in [0.3, 0.4) is 0 Å². The Morgan fingerprint density at radius 1 is 0.972 bits per heavy atom. The van der Waals surface area contributed by atoms with Gasteiger partial charge in [0.05, 0.1) is 26.2 Å². The fourth-order valence-electron chi connectivity index (χ4n) is 2.73. The van der Waals surface area contributed by atoms with Crippen molar-refractivity contribution in [3.05, 3.63) is 90.9 Å². The first-order valence-corrected chi connectivity index (χ1v) is 11.9. The quantitative estimate of drug-likeness (QED) is 0.243. The zero-order chi connectivity index (χ0) is 26.8. The van der Waals surface area contributed by atoms with Gasteiger partial charge in [0.1, 0.15) is 17.1 Å². The second-order valence-electron chi connectivity index (χ2n) is 6.84. The minimum Gasteiger partial charge on any atom is -0.456 e. The molecule has 0 fully saturated rings. The summed E-state index contributed by atoms with van der Waals surface area (Å²) in [5, 5.41) is 11.1. The molecule has 0 atom stereocenters. The molecule has 0 saturated carbocycles. The van der Waals surface area contributed by atoms with Crippen molar-refractivity contribution in [3.8, 4) is 11.5 Å². The van der Waals surface area contributed by atoms with Crippen LogP contribution < -0.4 is 14.2 Å². The average Bonchev–Trinajstić information content (AvgIpc) is 2.75. The van der Waals surface area contributed by atoms with Gasteiger partial charge in [-0.3, -0.25) is 19.6 Å². The molecular weight excluding hydrogens is 574 g/mol. The third-order valence-corrected chi connectivity index (χ3v) is 6.08. The summed E-state index contributed by atoms with van der Waals surface area (Å²) >= 11 is 17.5. The van der Waals surface area contributed by atoms with Gasteiger partial charge < -0.3 is 4.74 Å². The Morgan fingerprint density at radius 2 is 1.67 bits per heavy atom. The predicted molar refractivity (Wildman–Crippen MR) is 126 cm³/mol. The fraction of sp³-hybridized carbons (Fsp3) is 0.0500. The highest BCUT2D eigenvalue weighted by atomic mass is 35.5. The zero-order valence-electron chi connectivity index (χ0n) is 17.3. The summed E-state index contributed by atoms with van der Waals surface area (Å²) in [7, 11) is -4.63. The molecule has 0 aliphatic carbocycles. The topological polar surface area (TPSA) is 128 Å². The summed E-state index contributed by atoms with van der Waals surface area (Å²) in [5.74, 6) is -1.92. The minimum atomic E-state index is -4.66. The van der Waals surface area contributed by atoms with E-state index in [2.05, 4.69) is 0 Å². The maximum Gasteiger partial charge on any atom is 0.416 e. The highest BCUT2D eigenvalue weighted by Crippen LogP contribution is 2.37. The van der Waals surface area contributed by atoms with E-state index in [0.29, 0.717) is 12.1 Å². The van der Waals surface area contributed by atoms with Crippen molar-refractivity contribution in [2.75, 3.05) is 4.72 Å². The van der Waals surface area contributed by atoms with Crippen LogP contribution in [0.25, 0.3) is 0 Å². The number of carbonyl (C=O) groups is 1. The van der Waals surface area contributed by atoms with Crippen LogP contribution in [0.2, 0.25) is 15.1 Å². The number of nitro groups is 1. The Hall–Kier alpha value is -3.26. The van der Waals surface area contributed by atoms with Crippen LogP contribution in [0, 0.1) is 10.1 Å². The lowest BCUT2D eigenvalue weighted by atomic mass is 10.1. The van der Waals surface area contributed by atoms with E-state index in [1.165, 1.54) is 18.2 Å². The number of rotatable bonds is 7. The first-order valence-electron chi connectivity index (χ1n) is 9.29. The number of halogens is 6. The van der Waals surface area contributed by atoms with Gasteiger partial charge in [0, 0.05) is 17.2 Å². The molecule has 3 aromatic rings. The molecule has 0 aromatic heterocycles. The second kappa shape index (κ2) is 10.4. The van der Waals surface area contributed by atoms with Crippen molar-refractivity contribution in [2.45, 2.75) is 6.18 Å². The minimum absolute atomic E-state index is 0.0878. The number of amides is 1. The average molecular weight is 585 g/mol. The van der Waals surface area contributed by atoms with Gasteiger partial charge in [-0.15, -0.1) is 0 Å². The molecule has 0 saturated heterocycles. The summed E-state index contributed by atoms with van der Waals surface area (Å²) in [6, 6.07) is 8.71. The Kier molecular flexibility index (Phi) is 7.88. The molecule has 190 valence electrons. The molecule has 9 nitrogen and oxygen atoms in total. The molecule has 2 N–H and O–H groups in total. The van der Waals surface area contributed by atoms with E-state index >= 15 is 0 Å². The van der Waals surface area contributed by atoms with Crippen LogP contribution in [0.15, 0.2) is 54.6 Å². The number of benzene rings is 3. The van der Waals surface area contributed by atoms with Crippen molar-refractivity contribution in [1.29, 1.82) is 0 Å². The number of hydrogen-bond acceptors (Lipinski definition) is 6. The van der Waals surface area contributed by atoms with Crippen molar-refractivity contribution < 1.29 is 36.0 Å².